The fourth-order valence-corrected chi connectivity index (χ4v) is 4.21. The highest BCUT2D eigenvalue weighted by atomic mass is 15.3. The van der Waals surface area contributed by atoms with Crippen LogP contribution in [0.25, 0.3) is 5.70 Å². The third kappa shape index (κ3) is 6.30. The molecular formula is C26H44N6. The summed E-state index contributed by atoms with van der Waals surface area (Å²) in [6.45, 7) is 11.4. The summed E-state index contributed by atoms with van der Waals surface area (Å²) in [7, 11) is 7.96. The predicted octanol–water partition coefficient (Wildman–Crippen LogP) is 3.08. The zero-order valence-electron chi connectivity index (χ0n) is 21.2. The quantitative estimate of drug-likeness (QED) is 0.577. The summed E-state index contributed by atoms with van der Waals surface area (Å²) in [5.41, 5.74) is 6.46. The van der Waals surface area contributed by atoms with Crippen LogP contribution in [0.5, 0.6) is 0 Å². The molecule has 1 aromatic carbocycles. The third-order valence-electron chi connectivity index (χ3n) is 5.79. The molecule has 0 spiro atoms. The van der Waals surface area contributed by atoms with Crippen molar-refractivity contribution < 1.29 is 0 Å². The second-order valence-corrected chi connectivity index (χ2v) is 8.05. The van der Waals surface area contributed by atoms with E-state index in [0.29, 0.717) is 0 Å². The minimum Gasteiger partial charge on any atom is -0.388 e. The number of hydrogen-bond acceptors (Lipinski definition) is 6. The largest absolute Gasteiger partial charge is 0.388 e. The first-order valence-corrected chi connectivity index (χ1v) is 12.1. The molecule has 3 heterocycles. The van der Waals surface area contributed by atoms with E-state index in [1.54, 1.807) is 0 Å². The molecule has 178 valence electrons. The number of aryl methyl sites for hydroxylation is 1. The molecule has 1 unspecified atom stereocenters. The monoisotopic (exact) mass is 440 g/mol. The lowest BCUT2D eigenvalue weighted by Crippen LogP contribution is -2.47. The Morgan fingerprint density at radius 3 is 2.34 bits per heavy atom. The third-order valence-corrected chi connectivity index (χ3v) is 5.79. The second-order valence-electron chi connectivity index (χ2n) is 8.05. The molecule has 32 heavy (non-hydrogen) atoms. The van der Waals surface area contributed by atoms with Crippen LogP contribution in [0.3, 0.4) is 0 Å². The number of fused-ring (bicyclic) bond motifs is 1. The molecule has 0 aromatic heterocycles. The summed E-state index contributed by atoms with van der Waals surface area (Å²) in [4.78, 5) is 4.86. The number of nitrogens with one attached hydrogen (secondary N) is 4. The van der Waals surface area contributed by atoms with E-state index in [1.807, 2.05) is 35.0 Å². The van der Waals surface area contributed by atoms with E-state index in [4.69, 9.17) is 0 Å². The molecule has 4 rings (SSSR count). The van der Waals surface area contributed by atoms with Gasteiger partial charge in [0.15, 0.2) is 0 Å². The standard InChI is InChI=1S/C22H31N5.C2H7N.C2H6/c1-4-16-5-7-18-20(23-2)14-19(25-21(18)13-16)17-6-8-22(26(3)15-17)27-11-9-24-10-12-27;1-3-2;1-2/h5-8,13-14,19,23-25H,4,9-12,15H2,1-3H3;3H,1-2H3;1-2H3. The number of allylic oxidation sites excluding steroid dienone is 2. The van der Waals surface area contributed by atoms with Gasteiger partial charge in [-0.3, -0.25) is 0 Å². The van der Waals surface area contributed by atoms with Crippen molar-refractivity contribution in [2.75, 3.05) is 66.2 Å². The smallest absolute Gasteiger partial charge is 0.104 e. The summed E-state index contributed by atoms with van der Waals surface area (Å²) < 4.78 is 0. The van der Waals surface area contributed by atoms with Crippen molar-refractivity contribution in [3.8, 4) is 0 Å². The van der Waals surface area contributed by atoms with E-state index in [2.05, 4.69) is 81.5 Å². The van der Waals surface area contributed by atoms with Crippen LogP contribution in [0.15, 0.2) is 47.8 Å². The van der Waals surface area contributed by atoms with Gasteiger partial charge in [0.2, 0.25) is 0 Å². The van der Waals surface area contributed by atoms with Gasteiger partial charge in [-0.2, -0.15) is 0 Å². The van der Waals surface area contributed by atoms with Gasteiger partial charge >= 0.3 is 0 Å². The van der Waals surface area contributed by atoms with Crippen molar-refractivity contribution >= 4 is 11.4 Å². The Labute approximate surface area is 195 Å². The van der Waals surface area contributed by atoms with Crippen LogP contribution >= 0.6 is 0 Å². The average Bonchev–Trinajstić information content (AvgIpc) is 2.85. The molecule has 3 aliphatic heterocycles. The van der Waals surface area contributed by atoms with Crippen LogP contribution in [0, 0.1) is 0 Å². The van der Waals surface area contributed by atoms with E-state index >= 15 is 0 Å². The Hall–Kier alpha value is -2.44. The molecule has 1 saturated heterocycles. The number of piperazine rings is 1. The second kappa shape index (κ2) is 13.2. The zero-order valence-corrected chi connectivity index (χ0v) is 21.2. The molecule has 0 radical (unpaired) electrons. The van der Waals surface area contributed by atoms with E-state index in [-0.39, 0.29) is 6.04 Å². The maximum absolute atomic E-state index is 3.76. The normalized spacial score (nSPS) is 19.6. The number of rotatable bonds is 4. The van der Waals surface area contributed by atoms with Gasteiger partial charge in [0.1, 0.15) is 5.82 Å². The number of likely N-dealkylation sites (N-methyl/N-ethyl adjacent to an activating group) is 1. The van der Waals surface area contributed by atoms with Crippen molar-refractivity contribution in [1.82, 2.24) is 25.8 Å². The first-order chi connectivity index (χ1) is 15.6. The fraction of sp³-hybridized carbons (Fsp3) is 0.538. The Balaban J connectivity index is 0.000000671. The van der Waals surface area contributed by atoms with Gasteiger partial charge in [0.05, 0.1) is 6.04 Å². The topological polar surface area (TPSA) is 54.6 Å². The molecular weight excluding hydrogens is 396 g/mol. The van der Waals surface area contributed by atoms with Crippen LogP contribution < -0.4 is 21.3 Å². The molecule has 0 bridgehead atoms. The van der Waals surface area contributed by atoms with E-state index in [9.17, 15) is 0 Å². The minimum absolute atomic E-state index is 0.218. The first kappa shape index (κ1) is 25.8. The Morgan fingerprint density at radius 2 is 1.75 bits per heavy atom. The van der Waals surface area contributed by atoms with Crippen LogP contribution in [-0.2, 0) is 6.42 Å². The number of nitrogens with zero attached hydrogens (tertiary/aromatic N) is 2. The maximum Gasteiger partial charge on any atom is 0.104 e. The summed E-state index contributed by atoms with van der Waals surface area (Å²) in [6, 6.07) is 6.96. The predicted molar refractivity (Wildman–Crippen MR) is 140 cm³/mol. The molecule has 6 nitrogen and oxygen atoms in total. The van der Waals surface area contributed by atoms with Crippen molar-refractivity contribution in [1.29, 1.82) is 0 Å². The van der Waals surface area contributed by atoms with Gasteiger partial charge < -0.3 is 31.1 Å². The lowest BCUT2D eigenvalue weighted by molar-refractivity contribution is 0.217. The molecule has 4 N–H and O–H groups in total. The summed E-state index contributed by atoms with van der Waals surface area (Å²) in [6.07, 6.45) is 7.97. The highest BCUT2D eigenvalue weighted by Crippen LogP contribution is 2.32. The average molecular weight is 441 g/mol. The van der Waals surface area contributed by atoms with Gasteiger partial charge in [0, 0.05) is 63.8 Å². The van der Waals surface area contributed by atoms with Crippen LogP contribution in [0.4, 0.5) is 5.69 Å². The zero-order chi connectivity index (χ0) is 23.5. The highest BCUT2D eigenvalue weighted by Gasteiger charge is 2.25. The lowest BCUT2D eigenvalue weighted by Gasteiger charge is -2.39. The summed E-state index contributed by atoms with van der Waals surface area (Å²) in [5, 5.41) is 13.3. The molecule has 0 amide bonds. The Morgan fingerprint density at radius 1 is 1.06 bits per heavy atom. The van der Waals surface area contributed by atoms with Crippen molar-refractivity contribution in [3.63, 3.8) is 0 Å². The number of benzene rings is 1. The maximum atomic E-state index is 3.76. The van der Waals surface area contributed by atoms with Crippen molar-refractivity contribution in [2.45, 2.75) is 33.2 Å². The molecule has 1 atom stereocenters. The first-order valence-electron chi connectivity index (χ1n) is 12.1. The van der Waals surface area contributed by atoms with Gasteiger partial charge in [-0.25, -0.2) is 0 Å². The van der Waals surface area contributed by atoms with Crippen LogP contribution in [0.1, 0.15) is 31.9 Å². The lowest BCUT2D eigenvalue weighted by atomic mass is 9.94. The number of anilines is 1. The van der Waals surface area contributed by atoms with Crippen molar-refractivity contribution in [2.24, 2.45) is 0 Å². The van der Waals surface area contributed by atoms with Gasteiger partial charge in [-0.05, 0) is 49.9 Å². The SMILES string of the molecule is CC.CCc1ccc2c(c1)NC(C1=CC=C(N3CCNCC3)N(C)C1)C=C2NC.CNC. The summed E-state index contributed by atoms with van der Waals surface area (Å²) >= 11 is 0. The molecule has 0 aliphatic carbocycles. The molecule has 3 aliphatic rings. The van der Waals surface area contributed by atoms with Gasteiger partial charge in [-0.15, -0.1) is 0 Å². The molecule has 0 saturated carbocycles. The van der Waals surface area contributed by atoms with Gasteiger partial charge in [0.25, 0.3) is 0 Å². The van der Waals surface area contributed by atoms with Crippen molar-refractivity contribution in [3.05, 3.63) is 58.9 Å². The Bertz CT molecular complexity index is 805. The molecule has 1 fully saturated rings. The Kier molecular flexibility index (Phi) is 10.6. The van der Waals surface area contributed by atoms with E-state index < -0.39 is 0 Å². The number of hydrogen-bond donors (Lipinski definition) is 4. The van der Waals surface area contributed by atoms with Crippen LogP contribution in [0.2, 0.25) is 0 Å². The highest BCUT2D eigenvalue weighted by molar-refractivity contribution is 5.80. The molecule has 6 heteroatoms. The van der Waals surface area contributed by atoms with E-state index in [0.717, 1.165) is 39.1 Å². The van der Waals surface area contributed by atoms with E-state index in [1.165, 1.54) is 33.9 Å². The fourth-order valence-electron chi connectivity index (χ4n) is 4.21. The van der Waals surface area contributed by atoms with Crippen LogP contribution in [-0.4, -0.2) is 76.8 Å². The van der Waals surface area contributed by atoms with Gasteiger partial charge in [-0.1, -0.05) is 39.0 Å². The minimum atomic E-state index is 0.218. The summed E-state index contributed by atoms with van der Waals surface area (Å²) in [5.74, 6) is 1.34. The molecule has 1 aromatic rings.